The van der Waals surface area contributed by atoms with Crippen LogP contribution < -0.4 is 34.7 Å². The molecule has 0 aromatic heterocycles. The fourth-order valence-corrected chi connectivity index (χ4v) is 0.536. The SMILES string of the molecule is CC(C)COC(=O)CCC(=O)[O-].[Na+]. The molecule has 0 aromatic rings. The average Bonchev–Trinajstić information content (AvgIpc) is 1.96. The number of carboxylic acid groups (broad SMARTS) is 1. The molecule has 70 valence electrons. The maximum Gasteiger partial charge on any atom is 1.00 e. The predicted octanol–water partition coefficient (Wildman–Crippen LogP) is -3.28. The second kappa shape index (κ2) is 8.53. The monoisotopic (exact) mass is 196 g/mol. The number of rotatable bonds is 5. The van der Waals surface area contributed by atoms with Crippen molar-refractivity contribution in [3.05, 3.63) is 0 Å². The van der Waals surface area contributed by atoms with E-state index in [2.05, 4.69) is 0 Å². The van der Waals surface area contributed by atoms with Gasteiger partial charge in [-0.2, -0.15) is 0 Å². The molecule has 0 bridgehead atoms. The van der Waals surface area contributed by atoms with Crippen molar-refractivity contribution in [3.63, 3.8) is 0 Å². The molecule has 0 aliphatic carbocycles. The number of esters is 1. The second-order valence-corrected chi connectivity index (χ2v) is 2.95. The third kappa shape index (κ3) is 11.9. The van der Waals surface area contributed by atoms with Crippen molar-refractivity contribution in [1.29, 1.82) is 0 Å². The van der Waals surface area contributed by atoms with Crippen LogP contribution >= 0.6 is 0 Å². The summed E-state index contributed by atoms with van der Waals surface area (Å²) in [5, 5.41) is 9.92. The zero-order valence-corrected chi connectivity index (χ0v) is 10.3. The number of hydrogen-bond acceptors (Lipinski definition) is 4. The number of carbonyl (C=O) groups is 2. The van der Waals surface area contributed by atoms with Gasteiger partial charge in [0.1, 0.15) is 0 Å². The number of hydrogen-bond donors (Lipinski definition) is 0. The van der Waals surface area contributed by atoms with Gasteiger partial charge in [0, 0.05) is 5.97 Å². The Morgan fingerprint density at radius 1 is 1.31 bits per heavy atom. The van der Waals surface area contributed by atoms with Gasteiger partial charge in [-0.25, -0.2) is 0 Å². The fraction of sp³-hybridized carbons (Fsp3) is 0.750. The van der Waals surface area contributed by atoms with E-state index in [4.69, 9.17) is 4.74 Å². The van der Waals surface area contributed by atoms with Gasteiger partial charge in [0.25, 0.3) is 0 Å². The van der Waals surface area contributed by atoms with E-state index in [1.54, 1.807) is 0 Å². The molecule has 0 atom stereocenters. The first-order valence-electron chi connectivity index (χ1n) is 3.88. The van der Waals surface area contributed by atoms with Crippen molar-refractivity contribution in [2.75, 3.05) is 6.61 Å². The van der Waals surface area contributed by atoms with Gasteiger partial charge in [-0.1, -0.05) is 13.8 Å². The minimum atomic E-state index is -1.23. The third-order valence-electron chi connectivity index (χ3n) is 1.11. The standard InChI is InChI=1S/C8H14O4.Na/c1-6(2)5-12-8(11)4-3-7(9)10;/h6H,3-5H2,1-2H3,(H,9,10);/q;+1/p-1. The first-order valence-corrected chi connectivity index (χ1v) is 3.88. The zero-order chi connectivity index (χ0) is 9.56. The zero-order valence-electron chi connectivity index (χ0n) is 8.33. The summed E-state index contributed by atoms with van der Waals surface area (Å²) in [5.41, 5.74) is 0. The van der Waals surface area contributed by atoms with Crippen LogP contribution in [0.4, 0.5) is 0 Å². The van der Waals surface area contributed by atoms with Gasteiger partial charge in [0.15, 0.2) is 0 Å². The molecule has 0 aliphatic rings. The van der Waals surface area contributed by atoms with E-state index in [1.165, 1.54) is 0 Å². The molecule has 0 amide bonds. The Kier molecular flexibility index (Phi) is 10.1. The first-order chi connectivity index (χ1) is 5.52. The summed E-state index contributed by atoms with van der Waals surface area (Å²) in [7, 11) is 0. The molecule has 0 radical (unpaired) electrons. The Balaban J connectivity index is 0. The maximum absolute atomic E-state index is 10.7. The smallest absolute Gasteiger partial charge is 0.550 e. The van der Waals surface area contributed by atoms with Gasteiger partial charge >= 0.3 is 35.5 Å². The van der Waals surface area contributed by atoms with Crippen LogP contribution in [0.25, 0.3) is 0 Å². The van der Waals surface area contributed by atoms with Gasteiger partial charge in [-0.05, 0) is 12.3 Å². The van der Waals surface area contributed by atoms with Gasteiger partial charge in [0.05, 0.1) is 13.0 Å². The van der Waals surface area contributed by atoms with Gasteiger partial charge in [0.2, 0.25) is 0 Å². The Bertz CT molecular complexity index is 168. The van der Waals surface area contributed by atoms with Crippen molar-refractivity contribution in [3.8, 4) is 0 Å². The van der Waals surface area contributed by atoms with E-state index in [-0.39, 0.29) is 48.3 Å². The summed E-state index contributed by atoms with van der Waals surface area (Å²) >= 11 is 0. The minimum Gasteiger partial charge on any atom is -0.550 e. The Labute approximate surface area is 99.9 Å². The molecule has 0 saturated heterocycles. The summed E-state index contributed by atoms with van der Waals surface area (Å²) in [5.74, 6) is -1.43. The minimum absolute atomic E-state index is 0. The first kappa shape index (κ1) is 15.4. The molecule has 0 unspecified atom stereocenters. The molecule has 0 saturated carbocycles. The number of carboxylic acids is 1. The third-order valence-corrected chi connectivity index (χ3v) is 1.11. The number of ether oxygens (including phenoxy) is 1. The van der Waals surface area contributed by atoms with Crippen molar-refractivity contribution >= 4 is 11.9 Å². The van der Waals surface area contributed by atoms with E-state index >= 15 is 0 Å². The quantitative estimate of drug-likeness (QED) is 0.341. The molecular weight excluding hydrogens is 183 g/mol. The fourth-order valence-electron chi connectivity index (χ4n) is 0.536. The average molecular weight is 196 g/mol. The van der Waals surface area contributed by atoms with Crippen LogP contribution in [0.1, 0.15) is 26.7 Å². The molecule has 0 N–H and O–H groups in total. The van der Waals surface area contributed by atoms with Crippen molar-refractivity contribution in [2.24, 2.45) is 5.92 Å². The number of aliphatic carboxylic acids is 1. The largest absolute Gasteiger partial charge is 1.00 e. The Morgan fingerprint density at radius 3 is 2.23 bits per heavy atom. The van der Waals surface area contributed by atoms with Gasteiger partial charge < -0.3 is 14.6 Å². The van der Waals surface area contributed by atoms with Gasteiger partial charge in [-0.15, -0.1) is 0 Å². The molecule has 0 rings (SSSR count). The molecule has 0 spiro atoms. The van der Waals surface area contributed by atoms with Crippen LogP contribution in [0.15, 0.2) is 0 Å². The van der Waals surface area contributed by atoms with E-state index < -0.39 is 11.9 Å². The molecule has 5 heteroatoms. The van der Waals surface area contributed by atoms with Crippen LogP contribution in [0, 0.1) is 5.92 Å². The molecule has 0 aromatic carbocycles. The summed E-state index contributed by atoms with van der Waals surface area (Å²) in [6, 6.07) is 0. The maximum atomic E-state index is 10.7. The Morgan fingerprint density at radius 2 is 1.85 bits per heavy atom. The van der Waals surface area contributed by atoms with Crippen LogP contribution in [0.3, 0.4) is 0 Å². The molecule has 0 heterocycles. The van der Waals surface area contributed by atoms with Crippen molar-refractivity contribution in [2.45, 2.75) is 26.7 Å². The second-order valence-electron chi connectivity index (χ2n) is 2.95. The van der Waals surface area contributed by atoms with Crippen molar-refractivity contribution < 1.29 is 49.0 Å². The molecular formula is C8H13NaO4. The number of carbonyl (C=O) groups excluding carboxylic acids is 2. The summed E-state index contributed by atoms with van der Waals surface area (Å²) in [4.78, 5) is 20.7. The molecule has 4 nitrogen and oxygen atoms in total. The molecule has 0 fully saturated rings. The van der Waals surface area contributed by atoms with E-state index in [1.807, 2.05) is 13.8 Å². The van der Waals surface area contributed by atoms with Crippen LogP contribution in [-0.2, 0) is 14.3 Å². The van der Waals surface area contributed by atoms with E-state index in [0.717, 1.165) is 0 Å². The van der Waals surface area contributed by atoms with Crippen LogP contribution in [-0.4, -0.2) is 18.5 Å². The van der Waals surface area contributed by atoms with Crippen molar-refractivity contribution in [1.82, 2.24) is 0 Å². The topological polar surface area (TPSA) is 66.4 Å². The van der Waals surface area contributed by atoms with Crippen LogP contribution in [0.2, 0.25) is 0 Å². The van der Waals surface area contributed by atoms with Crippen LogP contribution in [0.5, 0.6) is 0 Å². The molecule has 0 aliphatic heterocycles. The van der Waals surface area contributed by atoms with E-state index in [0.29, 0.717) is 6.61 Å². The van der Waals surface area contributed by atoms with E-state index in [9.17, 15) is 14.7 Å². The normalized spacial score (nSPS) is 9.15. The summed E-state index contributed by atoms with van der Waals surface area (Å²) in [6.45, 7) is 4.16. The van der Waals surface area contributed by atoms with Gasteiger partial charge in [-0.3, -0.25) is 4.79 Å². The summed E-state index contributed by atoms with van der Waals surface area (Å²) < 4.78 is 4.72. The predicted molar refractivity (Wildman–Crippen MR) is 40.0 cm³/mol. The summed E-state index contributed by atoms with van der Waals surface area (Å²) in [6.07, 6.45) is -0.369. The molecule has 13 heavy (non-hydrogen) atoms. The Hall–Kier alpha value is -0.0600.